The predicted octanol–water partition coefficient (Wildman–Crippen LogP) is 5.00. The lowest BCUT2D eigenvalue weighted by atomic mass is 9.93. The molecule has 18 heteroatoms. The summed E-state index contributed by atoms with van der Waals surface area (Å²) in [7, 11) is -1.75. The fourth-order valence-corrected chi connectivity index (χ4v) is 8.60. The fraction of sp³-hybridized carbons (Fsp3) is 0.489. The molecule has 0 aliphatic carbocycles. The van der Waals surface area contributed by atoms with Crippen LogP contribution >= 0.6 is 0 Å². The number of imide groups is 1. The van der Waals surface area contributed by atoms with Crippen LogP contribution in [0.3, 0.4) is 0 Å². The Labute approximate surface area is 378 Å². The van der Waals surface area contributed by atoms with Crippen molar-refractivity contribution >= 4 is 43.8 Å². The van der Waals surface area contributed by atoms with Gasteiger partial charge in [-0.2, -0.15) is 0 Å². The van der Waals surface area contributed by atoms with Crippen molar-refractivity contribution < 1.29 is 76.1 Å². The Bertz CT molecular complexity index is 2100. The first-order valence-electron chi connectivity index (χ1n) is 21.5. The molecule has 3 heterocycles. The van der Waals surface area contributed by atoms with Crippen LogP contribution in [0, 0.1) is 0 Å². The Morgan fingerprint density at radius 2 is 0.969 bits per heavy atom. The highest BCUT2D eigenvalue weighted by atomic mass is 28.3. The molecule has 65 heavy (non-hydrogen) atoms. The molecular weight excluding hydrogens is 863 g/mol. The zero-order valence-corrected chi connectivity index (χ0v) is 38.6. The third kappa shape index (κ3) is 12.9. The van der Waals surface area contributed by atoms with Gasteiger partial charge in [0.05, 0.1) is 37.6 Å². The van der Waals surface area contributed by atoms with Crippen molar-refractivity contribution in [2.45, 2.75) is 128 Å². The molecule has 2 amide bonds. The van der Waals surface area contributed by atoms with Crippen LogP contribution in [0.4, 0.5) is 0 Å². The lowest BCUT2D eigenvalue weighted by Gasteiger charge is -2.50. The van der Waals surface area contributed by atoms with Crippen LogP contribution in [0.2, 0.25) is 25.7 Å². The van der Waals surface area contributed by atoms with E-state index in [0.29, 0.717) is 6.04 Å². The standard InChI is InChI=1S/C47H57NO16Si/c1-28(49)58-39-36(26-55-24-32-16-10-8-11-17-32)62-46(57-22-23-65(5,6)7)38(48-44(53)34-20-14-15-21-35(34)45(48)54)41(39)64-47-43(61-31(4)52)42(60-30(3)51)40(59-29(2)50)37(63-47)27-56-25-33-18-12-9-13-19-33/h8-21,36-43,46-47H,22-27H2,1-7H3/t36-,37-,38-,39+,40+,41-,42+,43-,46-,47+/m1/s1. The zero-order valence-electron chi connectivity index (χ0n) is 37.6. The zero-order chi connectivity index (χ0) is 46.8. The van der Waals surface area contributed by atoms with E-state index in [1.807, 2.05) is 60.7 Å². The molecule has 0 spiro atoms. The average molecular weight is 920 g/mol. The number of hydrogen-bond donors (Lipinski definition) is 0. The van der Waals surface area contributed by atoms with Gasteiger partial charge in [0.15, 0.2) is 37.0 Å². The van der Waals surface area contributed by atoms with Crippen molar-refractivity contribution in [3.8, 4) is 0 Å². The molecule has 0 saturated carbocycles. The van der Waals surface area contributed by atoms with E-state index in [1.54, 1.807) is 12.1 Å². The second kappa shape index (κ2) is 22.2. The smallest absolute Gasteiger partial charge is 0.303 e. The molecule has 2 fully saturated rings. The van der Waals surface area contributed by atoms with Crippen molar-refractivity contribution in [3.05, 3.63) is 107 Å². The Morgan fingerprint density at radius 1 is 0.554 bits per heavy atom. The molecule has 2 saturated heterocycles. The van der Waals surface area contributed by atoms with E-state index in [1.165, 1.54) is 19.1 Å². The van der Waals surface area contributed by atoms with Crippen LogP contribution in [0.25, 0.3) is 0 Å². The van der Waals surface area contributed by atoms with Gasteiger partial charge in [-0.1, -0.05) is 92.4 Å². The average Bonchev–Trinajstić information content (AvgIpc) is 3.49. The summed E-state index contributed by atoms with van der Waals surface area (Å²) in [6.07, 6.45) is -13.2. The molecule has 0 radical (unpaired) electrons. The Hall–Kier alpha value is -5.34. The number of nitrogens with zero attached hydrogens (tertiary/aromatic N) is 1. The molecule has 3 aromatic carbocycles. The van der Waals surface area contributed by atoms with Crippen LogP contribution in [0.1, 0.15) is 59.5 Å². The molecule has 17 nitrogen and oxygen atoms in total. The molecule has 0 N–H and O–H groups in total. The molecule has 6 rings (SSSR count). The lowest BCUT2D eigenvalue weighted by molar-refractivity contribution is -0.352. The Morgan fingerprint density at radius 3 is 1.43 bits per heavy atom. The van der Waals surface area contributed by atoms with Gasteiger partial charge in [0.25, 0.3) is 11.8 Å². The minimum Gasteiger partial charge on any atom is -0.457 e. The lowest BCUT2D eigenvalue weighted by Crippen LogP contribution is -2.70. The molecule has 0 aromatic heterocycles. The second-order valence-corrected chi connectivity index (χ2v) is 22.8. The monoisotopic (exact) mass is 919 g/mol. The Balaban J connectivity index is 1.46. The number of rotatable bonds is 19. The molecule has 3 aromatic rings. The summed E-state index contributed by atoms with van der Waals surface area (Å²) in [4.78, 5) is 81.4. The summed E-state index contributed by atoms with van der Waals surface area (Å²) < 4.78 is 62.1. The summed E-state index contributed by atoms with van der Waals surface area (Å²) in [5, 5.41) is 0. The highest BCUT2D eigenvalue weighted by molar-refractivity contribution is 6.76. The summed E-state index contributed by atoms with van der Waals surface area (Å²) in [5.41, 5.74) is 1.86. The summed E-state index contributed by atoms with van der Waals surface area (Å²) in [6.45, 7) is 10.9. The number of hydrogen-bond acceptors (Lipinski definition) is 16. The summed E-state index contributed by atoms with van der Waals surface area (Å²) >= 11 is 0. The fourth-order valence-electron chi connectivity index (χ4n) is 7.87. The van der Waals surface area contributed by atoms with E-state index in [2.05, 4.69) is 19.6 Å². The largest absolute Gasteiger partial charge is 0.457 e. The van der Waals surface area contributed by atoms with Gasteiger partial charge in [-0.15, -0.1) is 0 Å². The van der Waals surface area contributed by atoms with Crippen LogP contribution in [-0.4, -0.2) is 130 Å². The molecular formula is C47H57NO16Si. The first kappa shape index (κ1) is 49.1. The predicted molar refractivity (Wildman–Crippen MR) is 231 cm³/mol. The van der Waals surface area contributed by atoms with E-state index in [0.717, 1.165) is 36.8 Å². The van der Waals surface area contributed by atoms with Crippen LogP contribution in [0.5, 0.6) is 0 Å². The van der Waals surface area contributed by atoms with E-state index in [4.69, 9.17) is 47.4 Å². The molecule has 0 unspecified atom stereocenters. The molecule has 3 aliphatic rings. The van der Waals surface area contributed by atoms with Gasteiger partial charge in [-0.05, 0) is 29.3 Å². The van der Waals surface area contributed by atoms with E-state index < -0.39 is 105 Å². The van der Waals surface area contributed by atoms with Gasteiger partial charge in [0.1, 0.15) is 24.4 Å². The first-order chi connectivity index (χ1) is 31.0. The molecule has 10 atom stereocenters. The number of amides is 2. The molecule has 0 bridgehead atoms. The van der Waals surface area contributed by atoms with E-state index in [9.17, 15) is 28.8 Å². The highest BCUT2D eigenvalue weighted by Crippen LogP contribution is 2.39. The van der Waals surface area contributed by atoms with Gasteiger partial charge in [-0.3, -0.25) is 33.7 Å². The third-order valence-electron chi connectivity index (χ3n) is 10.8. The van der Waals surface area contributed by atoms with Crippen molar-refractivity contribution in [2.24, 2.45) is 0 Å². The maximum atomic E-state index is 14.5. The number of fused-ring (bicyclic) bond motifs is 1. The SMILES string of the molecule is CC(=O)O[C@H]1[C@@H](OC(C)=O)[C@@H](COCc2ccccc2)O[C@@H](O[C@H]2[C@@H](OC(C)=O)[C@@H](COCc3ccccc3)O[C@@H](OCC[Si](C)(C)C)[C@@H]2N2C(=O)c3ccccc3C2=O)[C@@H]1OC(C)=O. The van der Waals surface area contributed by atoms with Crippen molar-refractivity contribution in [1.82, 2.24) is 4.90 Å². The van der Waals surface area contributed by atoms with Crippen LogP contribution in [0.15, 0.2) is 84.9 Å². The first-order valence-corrected chi connectivity index (χ1v) is 25.2. The highest BCUT2D eigenvalue weighted by Gasteiger charge is 2.60. The van der Waals surface area contributed by atoms with Gasteiger partial charge in [0, 0.05) is 42.4 Å². The van der Waals surface area contributed by atoms with E-state index >= 15 is 0 Å². The number of benzene rings is 3. The summed E-state index contributed by atoms with van der Waals surface area (Å²) in [5.74, 6) is -4.63. The Kier molecular flexibility index (Phi) is 16.8. The second-order valence-electron chi connectivity index (χ2n) is 17.2. The molecule has 350 valence electrons. The maximum absolute atomic E-state index is 14.5. The van der Waals surface area contributed by atoms with Gasteiger partial charge in [-0.25, -0.2) is 0 Å². The van der Waals surface area contributed by atoms with Crippen molar-refractivity contribution in [1.29, 1.82) is 0 Å². The van der Waals surface area contributed by atoms with Gasteiger partial charge >= 0.3 is 23.9 Å². The minimum absolute atomic E-state index is 0.0992. The number of ether oxygens (including phenoxy) is 10. The van der Waals surface area contributed by atoms with Gasteiger partial charge in [0.2, 0.25) is 0 Å². The number of carbonyl (C=O) groups excluding carboxylic acids is 6. The maximum Gasteiger partial charge on any atom is 0.303 e. The van der Waals surface area contributed by atoms with Crippen LogP contribution in [-0.2, 0) is 79.8 Å². The van der Waals surface area contributed by atoms with E-state index in [-0.39, 0.29) is 44.2 Å². The molecule has 3 aliphatic heterocycles. The topological polar surface area (TPSA) is 198 Å². The van der Waals surface area contributed by atoms with Crippen molar-refractivity contribution in [2.75, 3.05) is 19.8 Å². The summed E-state index contributed by atoms with van der Waals surface area (Å²) in [6, 6.07) is 24.0. The van der Waals surface area contributed by atoms with Crippen molar-refractivity contribution in [3.63, 3.8) is 0 Å². The third-order valence-corrected chi connectivity index (χ3v) is 12.5. The minimum atomic E-state index is -1.75. The number of esters is 4. The normalized spacial score (nSPS) is 26.5. The number of carbonyl (C=O) groups is 6. The quantitative estimate of drug-likeness (QED) is 0.0673. The van der Waals surface area contributed by atoms with Gasteiger partial charge < -0.3 is 47.4 Å². The van der Waals surface area contributed by atoms with Crippen LogP contribution < -0.4 is 0 Å².